The molecule has 2 aliphatic rings. The lowest BCUT2D eigenvalue weighted by Crippen LogP contribution is -2.12. The molecule has 6 heteroatoms. The summed E-state index contributed by atoms with van der Waals surface area (Å²) < 4.78 is 9.44. The Labute approximate surface area is 136 Å². The summed E-state index contributed by atoms with van der Waals surface area (Å²) in [5, 5.41) is 1.24. The molecule has 0 amide bonds. The minimum atomic E-state index is -0.782. The predicted octanol–water partition coefficient (Wildman–Crippen LogP) is 2.32. The summed E-state index contributed by atoms with van der Waals surface area (Å²) in [5.41, 5.74) is 2.27. The van der Waals surface area contributed by atoms with Gasteiger partial charge in [-0.3, -0.25) is 9.59 Å². The van der Waals surface area contributed by atoms with E-state index in [-0.39, 0.29) is 17.5 Å². The minimum Gasteiger partial charge on any atom is -0.393 e. The minimum absolute atomic E-state index is 0.0785. The van der Waals surface area contributed by atoms with E-state index in [1.165, 1.54) is 0 Å². The van der Waals surface area contributed by atoms with Crippen molar-refractivity contribution in [1.82, 2.24) is 0 Å². The second kappa shape index (κ2) is 4.74. The highest BCUT2D eigenvalue weighted by Gasteiger charge is 2.41. The Morgan fingerprint density at radius 2 is 1.67 bits per heavy atom. The lowest BCUT2D eigenvalue weighted by atomic mass is 9.82. The first-order valence-corrected chi connectivity index (χ1v) is 7.47. The largest absolute Gasteiger partial charge is 0.393 e. The third-order valence-electron chi connectivity index (χ3n) is 4.65. The number of aryl methyl sites for hydroxylation is 1. The van der Waals surface area contributed by atoms with Gasteiger partial charge in [-0.15, -0.1) is 0 Å². The smallest absolute Gasteiger partial charge is 0.347 e. The maximum Gasteiger partial charge on any atom is 0.347 e. The molecule has 1 unspecified atom stereocenters. The average Bonchev–Trinajstić information content (AvgIpc) is 2.99. The fourth-order valence-electron chi connectivity index (χ4n) is 3.66. The number of rotatable bonds is 1. The van der Waals surface area contributed by atoms with Gasteiger partial charge in [0.05, 0.1) is 23.5 Å². The Hall–Kier alpha value is -3.02. The molecule has 1 saturated heterocycles. The van der Waals surface area contributed by atoms with Crippen LogP contribution in [0.3, 0.4) is 0 Å². The van der Waals surface area contributed by atoms with Crippen molar-refractivity contribution in [2.75, 3.05) is 0 Å². The van der Waals surface area contributed by atoms with Gasteiger partial charge in [-0.25, -0.2) is 9.59 Å². The number of benzene rings is 2. The van der Waals surface area contributed by atoms with Crippen LogP contribution in [0, 0.1) is 13.8 Å². The zero-order valence-electron chi connectivity index (χ0n) is 13.0. The van der Waals surface area contributed by atoms with Crippen LogP contribution < -0.4 is 0 Å². The van der Waals surface area contributed by atoms with Gasteiger partial charge < -0.3 is 9.47 Å². The van der Waals surface area contributed by atoms with Crippen LogP contribution in [-0.4, -0.2) is 23.9 Å². The molecule has 0 aromatic heterocycles. The Morgan fingerprint density at radius 1 is 0.958 bits per heavy atom. The predicted molar refractivity (Wildman–Crippen MR) is 81.6 cm³/mol. The van der Waals surface area contributed by atoms with Crippen molar-refractivity contribution in [3.05, 3.63) is 46.0 Å². The molecule has 6 nitrogen and oxygen atoms in total. The van der Waals surface area contributed by atoms with Crippen molar-refractivity contribution in [2.24, 2.45) is 0 Å². The zero-order valence-corrected chi connectivity index (χ0v) is 13.0. The van der Waals surface area contributed by atoms with Gasteiger partial charge >= 0.3 is 23.9 Å². The van der Waals surface area contributed by atoms with E-state index in [4.69, 9.17) is 4.74 Å². The average molecular weight is 324 g/mol. The van der Waals surface area contributed by atoms with Crippen molar-refractivity contribution < 1.29 is 28.7 Å². The fourth-order valence-corrected chi connectivity index (χ4v) is 3.66. The third-order valence-corrected chi connectivity index (χ3v) is 4.65. The number of carbonyl (C=O) groups excluding carboxylic acids is 4. The van der Waals surface area contributed by atoms with Crippen LogP contribution in [0.4, 0.5) is 0 Å². The van der Waals surface area contributed by atoms with Crippen LogP contribution in [0.5, 0.6) is 0 Å². The second-order valence-electron chi connectivity index (χ2n) is 6.01. The molecule has 2 aromatic carbocycles. The summed E-state index contributed by atoms with van der Waals surface area (Å²) in [6.45, 7) is 3.51. The summed E-state index contributed by atoms with van der Waals surface area (Å²) in [7, 11) is 0. The molecule has 2 aromatic rings. The van der Waals surface area contributed by atoms with Crippen LogP contribution in [0.1, 0.15) is 49.7 Å². The SMILES string of the molecule is Cc1c2c(c3cccc(C)c3c1C1CC(=O)OC1=O)C(=O)OC2=O. The van der Waals surface area contributed by atoms with E-state index in [0.29, 0.717) is 21.9 Å². The highest BCUT2D eigenvalue weighted by Crippen LogP contribution is 2.42. The Bertz CT molecular complexity index is 985. The van der Waals surface area contributed by atoms with Crippen molar-refractivity contribution in [1.29, 1.82) is 0 Å². The van der Waals surface area contributed by atoms with E-state index in [1.807, 2.05) is 13.0 Å². The van der Waals surface area contributed by atoms with Crippen LogP contribution >= 0.6 is 0 Å². The Balaban J connectivity index is 2.17. The molecular formula is C18H12O6. The molecule has 2 heterocycles. The number of carbonyl (C=O) groups is 4. The highest BCUT2D eigenvalue weighted by atomic mass is 16.6. The first-order valence-electron chi connectivity index (χ1n) is 7.47. The molecule has 120 valence electrons. The summed E-state index contributed by atoms with van der Waals surface area (Å²) in [4.78, 5) is 47.9. The van der Waals surface area contributed by atoms with Crippen LogP contribution in [0.2, 0.25) is 0 Å². The van der Waals surface area contributed by atoms with E-state index in [1.54, 1.807) is 19.1 Å². The molecule has 4 rings (SSSR count). The van der Waals surface area contributed by atoms with Gasteiger partial charge in [0.25, 0.3) is 0 Å². The fraction of sp³-hybridized carbons (Fsp3) is 0.222. The number of ether oxygens (including phenoxy) is 2. The van der Waals surface area contributed by atoms with E-state index < -0.39 is 29.8 Å². The topological polar surface area (TPSA) is 86.7 Å². The molecule has 0 aliphatic carbocycles. The lowest BCUT2D eigenvalue weighted by molar-refractivity contribution is -0.152. The van der Waals surface area contributed by atoms with Gasteiger partial charge in [-0.2, -0.15) is 0 Å². The molecule has 1 fully saturated rings. The van der Waals surface area contributed by atoms with E-state index in [2.05, 4.69) is 4.74 Å². The maximum atomic E-state index is 12.1. The van der Waals surface area contributed by atoms with Gasteiger partial charge in [0.1, 0.15) is 0 Å². The molecule has 0 N–H and O–H groups in total. The third kappa shape index (κ3) is 1.76. The van der Waals surface area contributed by atoms with Crippen LogP contribution in [0.25, 0.3) is 10.8 Å². The van der Waals surface area contributed by atoms with Crippen molar-refractivity contribution in [3.8, 4) is 0 Å². The quantitative estimate of drug-likeness (QED) is 0.591. The number of hydrogen-bond acceptors (Lipinski definition) is 6. The Kier molecular flexibility index (Phi) is 2.87. The van der Waals surface area contributed by atoms with Crippen molar-refractivity contribution in [3.63, 3.8) is 0 Å². The second-order valence-corrected chi connectivity index (χ2v) is 6.01. The van der Waals surface area contributed by atoms with Crippen LogP contribution in [0.15, 0.2) is 18.2 Å². The first-order chi connectivity index (χ1) is 11.4. The summed E-state index contributed by atoms with van der Waals surface area (Å²) >= 11 is 0. The first kappa shape index (κ1) is 14.6. The van der Waals surface area contributed by atoms with Gasteiger partial charge in [-0.05, 0) is 41.3 Å². The monoisotopic (exact) mass is 324 g/mol. The van der Waals surface area contributed by atoms with E-state index >= 15 is 0 Å². The highest BCUT2D eigenvalue weighted by molar-refractivity contribution is 6.23. The number of hydrogen-bond donors (Lipinski definition) is 0. The summed E-state index contributed by atoms with van der Waals surface area (Å²) in [6, 6.07) is 5.33. The van der Waals surface area contributed by atoms with Gasteiger partial charge in [0.2, 0.25) is 0 Å². The molecular weight excluding hydrogens is 312 g/mol. The number of esters is 4. The van der Waals surface area contributed by atoms with E-state index in [0.717, 1.165) is 5.56 Å². The Morgan fingerprint density at radius 3 is 2.33 bits per heavy atom. The molecule has 0 bridgehead atoms. The van der Waals surface area contributed by atoms with Crippen LogP contribution in [-0.2, 0) is 19.1 Å². The van der Waals surface area contributed by atoms with Gasteiger partial charge in [-0.1, -0.05) is 18.2 Å². The molecule has 0 saturated carbocycles. The van der Waals surface area contributed by atoms with E-state index in [9.17, 15) is 19.2 Å². The standard InChI is InChI=1S/C18H12O6/c1-7-4-3-5-9-12(7)13(10-6-11(19)23-16(10)20)8(2)14-15(9)18(22)24-17(14)21/h3-5,10H,6H2,1-2H3. The van der Waals surface area contributed by atoms with Gasteiger partial charge in [0, 0.05) is 0 Å². The number of fused-ring (bicyclic) bond motifs is 3. The molecule has 0 radical (unpaired) electrons. The summed E-state index contributed by atoms with van der Waals surface area (Å²) in [6.07, 6.45) is -0.0785. The molecule has 2 aliphatic heterocycles. The normalized spacial score (nSPS) is 19.7. The molecule has 24 heavy (non-hydrogen) atoms. The lowest BCUT2D eigenvalue weighted by Gasteiger charge is -2.17. The molecule has 0 spiro atoms. The molecule has 1 atom stereocenters. The van der Waals surface area contributed by atoms with Crippen molar-refractivity contribution in [2.45, 2.75) is 26.2 Å². The van der Waals surface area contributed by atoms with Gasteiger partial charge in [0.15, 0.2) is 0 Å². The maximum absolute atomic E-state index is 12.1. The summed E-state index contributed by atoms with van der Waals surface area (Å²) in [5.74, 6) is -3.43. The zero-order chi connectivity index (χ0) is 17.2. The number of cyclic esters (lactones) is 4. The van der Waals surface area contributed by atoms with Crippen molar-refractivity contribution >= 4 is 34.6 Å².